The predicted octanol–water partition coefficient (Wildman–Crippen LogP) is 1.39. The molecule has 3 rings (SSSR count). The monoisotopic (exact) mass is 252 g/mol. The fourth-order valence-corrected chi connectivity index (χ4v) is 2.08. The number of imidazole rings is 1. The minimum absolute atomic E-state index is 0.456. The molecule has 3 aromatic rings. The van der Waals surface area contributed by atoms with Crippen LogP contribution in [-0.4, -0.2) is 19.3 Å². The Morgan fingerprint density at radius 1 is 1.32 bits per heavy atom. The molecule has 0 atom stereocenters. The SMILES string of the molecule is N#Cc1ccc2nc(N)n(CCn3cccn3)c2c1. The average Bonchev–Trinajstić information content (AvgIpc) is 3.03. The molecular formula is C13H12N6. The maximum atomic E-state index is 8.95. The molecule has 0 unspecified atom stereocenters. The molecule has 19 heavy (non-hydrogen) atoms. The maximum Gasteiger partial charge on any atom is 0.201 e. The van der Waals surface area contributed by atoms with Crippen molar-refractivity contribution in [2.75, 3.05) is 5.73 Å². The predicted molar refractivity (Wildman–Crippen MR) is 71.1 cm³/mol. The lowest BCUT2D eigenvalue weighted by molar-refractivity contribution is 0.545. The number of rotatable bonds is 3. The molecular weight excluding hydrogens is 240 g/mol. The van der Waals surface area contributed by atoms with E-state index < -0.39 is 0 Å². The molecule has 0 aliphatic rings. The summed E-state index contributed by atoms with van der Waals surface area (Å²) in [6.07, 6.45) is 3.64. The lowest BCUT2D eigenvalue weighted by Crippen LogP contribution is -2.10. The van der Waals surface area contributed by atoms with E-state index in [2.05, 4.69) is 16.2 Å². The molecule has 6 nitrogen and oxygen atoms in total. The normalized spacial score (nSPS) is 10.7. The van der Waals surface area contributed by atoms with E-state index in [-0.39, 0.29) is 0 Å². The number of fused-ring (bicyclic) bond motifs is 1. The van der Waals surface area contributed by atoms with Gasteiger partial charge in [-0.3, -0.25) is 4.68 Å². The Balaban J connectivity index is 1.97. The van der Waals surface area contributed by atoms with Gasteiger partial charge in [0.15, 0.2) is 0 Å². The van der Waals surface area contributed by atoms with Crippen LogP contribution in [-0.2, 0) is 13.1 Å². The van der Waals surface area contributed by atoms with Gasteiger partial charge in [0.05, 0.1) is 29.2 Å². The van der Waals surface area contributed by atoms with Crippen LogP contribution in [0.2, 0.25) is 0 Å². The van der Waals surface area contributed by atoms with Crippen LogP contribution in [0.1, 0.15) is 5.56 Å². The van der Waals surface area contributed by atoms with Crippen LogP contribution in [0, 0.1) is 11.3 Å². The quantitative estimate of drug-likeness (QED) is 0.763. The zero-order chi connectivity index (χ0) is 13.2. The fraction of sp³-hybridized carbons (Fsp3) is 0.154. The molecule has 2 heterocycles. The molecule has 0 aliphatic heterocycles. The Morgan fingerprint density at radius 2 is 2.21 bits per heavy atom. The van der Waals surface area contributed by atoms with Crippen LogP contribution >= 0.6 is 0 Å². The first-order valence-electron chi connectivity index (χ1n) is 5.91. The molecule has 0 amide bonds. The summed E-state index contributed by atoms with van der Waals surface area (Å²) in [7, 11) is 0. The van der Waals surface area contributed by atoms with Gasteiger partial charge in [-0.2, -0.15) is 10.4 Å². The van der Waals surface area contributed by atoms with Crippen LogP contribution in [0.4, 0.5) is 5.95 Å². The third-order valence-corrected chi connectivity index (χ3v) is 3.02. The van der Waals surface area contributed by atoms with E-state index >= 15 is 0 Å². The van der Waals surface area contributed by atoms with Crippen molar-refractivity contribution in [3.8, 4) is 6.07 Å². The molecule has 0 saturated heterocycles. The van der Waals surface area contributed by atoms with Crippen molar-refractivity contribution in [2.24, 2.45) is 0 Å². The molecule has 0 spiro atoms. The van der Waals surface area contributed by atoms with Crippen molar-refractivity contribution in [2.45, 2.75) is 13.1 Å². The lowest BCUT2D eigenvalue weighted by Gasteiger charge is -2.06. The number of nitriles is 1. The zero-order valence-corrected chi connectivity index (χ0v) is 10.2. The number of hydrogen-bond donors (Lipinski definition) is 1. The van der Waals surface area contributed by atoms with Gasteiger partial charge in [0, 0.05) is 18.9 Å². The van der Waals surface area contributed by atoms with E-state index in [1.165, 1.54) is 0 Å². The number of nitrogens with two attached hydrogens (primary N) is 1. The molecule has 0 bridgehead atoms. The highest BCUT2D eigenvalue weighted by atomic mass is 15.3. The van der Waals surface area contributed by atoms with Crippen LogP contribution < -0.4 is 5.73 Å². The zero-order valence-electron chi connectivity index (χ0n) is 10.2. The van der Waals surface area contributed by atoms with Crippen LogP contribution in [0.5, 0.6) is 0 Å². The van der Waals surface area contributed by atoms with Crippen LogP contribution in [0.15, 0.2) is 36.7 Å². The Morgan fingerprint density at radius 3 is 2.95 bits per heavy atom. The molecule has 2 N–H and O–H groups in total. The first-order chi connectivity index (χ1) is 9.28. The van der Waals surface area contributed by atoms with E-state index in [4.69, 9.17) is 11.0 Å². The van der Waals surface area contributed by atoms with Crippen molar-refractivity contribution in [1.29, 1.82) is 5.26 Å². The van der Waals surface area contributed by atoms with Crippen LogP contribution in [0.3, 0.4) is 0 Å². The summed E-state index contributed by atoms with van der Waals surface area (Å²) in [5.41, 5.74) is 8.21. The van der Waals surface area contributed by atoms with Crippen molar-refractivity contribution in [3.63, 3.8) is 0 Å². The summed E-state index contributed by atoms with van der Waals surface area (Å²) in [5, 5.41) is 13.1. The molecule has 0 fully saturated rings. The van der Waals surface area contributed by atoms with E-state index in [1.54, 1.807) is 12.3 Å². The Kier molecular flexibility index (Phi) is 2.65. The van der Waals surface area contributed by atoms with E-state index in [9.17, 15) is 0 Å². The summed E-state index contributed by atoms with van der Waals surface area (Å²) < 4.78 is 3.73. The second-order valence-corrected chi connectivity index (χ2v) is 4.21. The standard InChI is InChI=1S/C13H12N6/c14-9-10-2-3-11-12(8-10)19(13(15)17-11)7-6-18-5-1-4-16-18/h1-5,8H,6-7H2,(H2,15,17). The summed E-state index contributed by atoms with van der Waals surface area (Å²) in [4.78, 5) is 4.29. The summed E-state index contributed by atoms with van der Waals surface area (Å²) in [6.45, 7) is 1.37. The van der Waals surface area contributed by atoms with Gasteiger partial charge in [0.1, 0.15) is 0 Å². The van der Waals surface area contributed by atoms with Gasteiger partial charge in [-0.1, -0.05) is 0 Å². The molecule has 94 valence electrons. The number of hydrogen-bond acceptors (Lipinski definition) is 4. The lowest BCUT2D eigenvalue weighted by atomic mass is 10.2. The molecule has 2 aromatic heterocycles. The van der Waals surface area contributed by atoms with Gasteiger partial charge >= 0.3 is 0 Å². The largest absolute Gasteiger partial charge is 0.369 e. The Hall–Kier alpha value is -2.81. The number of aromatic nitrogens is 4. The van der Waals surface area contributed by atoms with E-state index in [1.807, 2.05) is 33.6 Å². The van der Waals surface area contributed by atoms with Gasteiger partial charge in [-0.05, 0) is 24.3 Å². The molecule has 1 aromatic carbocycles. The third-order valence-electron chi connectivity index (χ3n) is 3.02. The third kappa shape index (κ3) is 2.02. The molecule has 0 radical (unpaired) electrons. The Bertz CT molecular complexity index is 747. The van der Waals surface area contributed by atoms with Crippen molar-refractivity contribution >= 4 is 17.0 Å². The number of nitrogens with zero attached hydrogens (tertiary/aromatic N) is 5. The maximum absolute atomic E-state index is 8.95. The van der Waals surface area contributed by atoms with Gasteiger partial charge < -0.3 is 10.3 Å². The number of benzene rings is 1. The van der Waals surface area contributed by atoms with Crippen LogP contribution in [0.25, 0.3) is 11.0 Å². The van der Waals surface area contributed by atoms with Gasteiger partial charge in [0.2, 0.25) is 5.95 Å². The average molecular weight is 252 g/mol. The fourth-order valence-electron chi connectivity index (χ4n) is 2.08. The van der Waals surface area contributed by atoms with Gasteiger partial charge in [-0.15, -0.1) is 0 Å². The van der Waals surface area contributed by atoms with Crippen molar-refractivity contribution in [3.05, 3.63) is 42.2 Å². The highest BCUT2D eigenvalue weighted by Crippen LogP contribution is 2.19. The Labute approximate surface area is 109 Å². The highest BCUT2D eigenvalue weighted by Gasteiger charge is 2.08. The minimum atomic E-state index is 0.456. The van der Waals surface area contributed by atoms with E-state index in [0.717, 1.165) is 11.0 Å². The van der Waals surface area contributed by atoms with Gasteiger partial charge in [-0.25, -0.2) is 4.98 Å². The molecule has 0 aliphatic carbocycles. The second kappa shape index (κ2) is 4.46. The second-order valence-electron chi connectivity index (χ2n) is 4.21. The highest BCUT2D eigenvalue weighted by molar-refractivity contribution is 5.79. The van der Waals surface area contributed by atoms with Crippen molar-refractivity contribution < 1.29 is 0 Å². The minimum Gasteiger partial charge on any atom is -0.369 e. The molecule has 6 heteroatoms. The summed E-state index contributed by atoms with van der Waals surface area (Å²) in [5.74, 6) is 0.456. The number of nitrogen functional groups attached to an aromatic ring is 1. The number of aryl methyl sites for hydroxylation is 2. The van der Waals surface area contributed by atoms with E-state index in [0.29, 0.717) is 24.6 Å². The number of anilines is 1. The summed E-state index contributed by atoms with van der Waals surface area (Å²) in [6, 6.07) is 9.37. The van der Waals surface area contributed by atoms with Crippen molar-refractivity contribution in [1.82, 2.24) is 19.3 Å². The topological polar surface area (TPSA) is 85.5 Å². The smallest absolute Gasteiger partial charge is 0.201 e. The first kappa shape index (κ1) is 11.3. The molecule has 0 saturated carbocycles. The first-order valence-corrected chi connectivity index (χ1v) is 5.91. The summed E-state index contributed by atoms with van der Waals surface area (Å²) >= 11 is 0. The van der Waals surface area contributed by atoms with Gasteiger partial charge in [0.25, 0.3) is 0 Å².